The number of furan rings is 1. The highest BCUT2D eigenvalue weighted by Crippen LogP contribution is 2.48. The molecule has 0 radical (unpaired) electrons. The average molecular weight is 314 g/mol. The molecule has 3 rings (SSSR count). The fourth-order valence-electron chi connectivity index (χ4n) is 2.39. The number of carbonyl (C=O) groups is 1. The molecular weight excluding hydrogens is 301 g/mol. The molecule has 8 heteroatoms. The first-order chi connectivity index (χ1) is 10.5. The first-order valence-electron chi connectivity index (χ1n) is 6.76. The van der Waals surface area contributed by atoms with E-state index in [0.717, 1.165) is 12.0 Å². The van der Waals surface area contributed by atoms with Crippen molar-refractivity contribution in [2.24, 2.45) is 5.92 Å². The van der Waals surface area contributed by atoms with Gasteiger partial charge in [-0.25, -0.2) is 0 Å². The second-order valence-corrected chi connectivity index (χ2v) is 5.15. The third-order valence-corrected chi connectivity index (χ3v) is 3.62. The Hall–Kier alpha value is -2.25. The minimum Gasteiger partial charge on any atom is -0.469 e. The summed E-state index contributed by atoms with van der Waals surface area (Å²) in [6, 6.07) is 3.53. The molecule has 0 saturated heterocycles. The highest BCUT2D eigenvalue weighted by atomic mass is 19.4. The normalized spacial score (nSPS) is 20.9. The molecule has 0 bridgehead atoms. The molecule has 0 amide bonds. The van der Waals surface area contributed by atoms with E-state index in [4.69, 9.17) is 9.15 Å². The maximum Gasteiger partial charge on any atom is 0.433 e. The number of nitrogens with one attached hydrogen (secondary N) is 1. The van der Waals surface area contributed by atoms with Gasteiger partial charge in [0.2, 0.25) is 0 Å². The summed E-state index contributed by atoms with van der Waals surface area (Å²) >= 11 is 0. The van der Waals surface area contributed by atoms with Crippen molar-refractivity contribution < 1.29 is 27.1 Å². The van der Waals surface area contributed by atoms with Crippen molar-refractivity contribution in [3.8, 4) is 0 Å². The van der Waals surface area contributed by atoms with E-state index in [0.29, 0.717) is 6.42 Å². The predicted molar refractivity (Wildman–Crippen MR) is 67.8 cm³/mol. The van der Waals surface area contributed by atoms with Crippen molar-refractivity contribution in [1.29, 1.82) is 0 Å². The van der Waals surface area contributed by atoms with E-state index in [9.17, 15) is 18.0 Å². The number of halogens is 3. The van der Waals surface area contributed by atoms with Crippen LogP contribution in [0.25, 0.3) is 0 Å². The van der Waals surface area contributed by atoms with E-state index in [1.165, 1.54) is 6.26 Å². The van der Waals surface area contributed by atoms with Crippen LogP contribution >= 0.6 is 0 Å². The number of aromatic amines is 1. The summed E-state index contributed by atoms with van der Waals surface area (Å²) in [5.74, 6) is 0.0781. The maximum absolute atomic E-state index is 12.6. The first kappa shape index (κ1) is 14.7. The van der Waals surface area contributed by atoms with E-state index >= 15 is 0 Å². The minimum absolute atomic E-state index is 0.0151. The monoisotopic (exact) mass is 314 g/mol. The van der Waals surface area contributed by atoms with E-state index < -0.39 is 17.8 Å². The average Bonchev–Trinajstić information content (AvgIpc) is 2.90. The van der Waals surface area contributed by atoms with Gasteiger partial charge in [-0.1, -0.05) is 0 Å². The number of ether oxygens (including phenoxy) is 1. The molecule has 2 aromatic heterocycles. The quantitative estimate of drug-likeness (QED) is 0.862. The molecule has 22 heavy (non-hydrogen) atoms. The molecule has 1 N–H and O–H groups in total. The standard InChI is InChI=1S/C14H13F3N2O3/c15-14(16,17)12-8(7-18-19-12)3-5-22-13(20)10-6-9(10)11-2-1-4-21-11/h1-2,4,7,9-10H,3,5-6H2,(H,18,19)/t9-,10+/m1/s1. The smallest absolute Gasteiger partial charge is 0.433 e. The van der Waals surface area contributed by atoms with Crippen molar-refractivity contribution in [1.82, 2.24) is 10.2 Å². The molecule has 2 heterocycles. The molecule has 0 unspecified atom stereocenters. The lowest BCUT2D eigenvalue weighted by atomic mass is 10.2. The molecule has 2 atom stereocenters. The summed E-state index contributed by atoms with van der Waals surface area (Å²) in [5.41, 5.74) is -0.915. The number of H-pyrrole nitrogens is 1. The van der Waals surface area contributed by atoms with Gasteiger partial charge in [0.25, 0.3) is 0 Å². The number of aromatic nitrogens is 2. The summed E-state index contributed by atoms with van der Waals surface area (Å²) in [6.07, 6.45) is -1.25. The van der Waals surface area contributed by atoms with Crippen LogP contribution in [0.3, 0.4) is 0 Å². The molecule has 0 aromatic carbocycles. The summed E-state index contributed by atoms with van der Waals surface area (Å²) in [5, 5.41) is 5.30. The number of rotatable bonds is 5. The van der Waals surface area contributed by atoms with Crippen LogP contribution in [0.4, 0.5) is 13.2 Å². The molecule has 5 nitrogen and oxygen atoms in total. The van der Waals surface area contributed by atoms with Crippen molar-refractivity contribution in [3.63, 3.8) is 0 Å². The van der Waals surface area contributed by atoms with Crippen LogP contribution in [0.5, 0.6) is 0 Å². The van der Waals surface area contributed by atoms with Crippen molar-refractivity contribution in [3.05, 3.63) is 41.6 Å². The molecule has 1 fully saturated rings. The highest BCUT2D eigenvalue weighted by Gasteiger charge is 2.47. The SMILES string of the molecule is O=C(OCCc1cn[nH]c1C(F)(F)F)[C@H]1C[C@H]1c1ccco1. The Balaban J connectivity index is 1.48. The predicted octanol–water partition coefficient (Wildman–Crippen LogP) is 2.91. The Morgan fingerprint density at radius 1 is 1.50 bits per heavy atom. The summed E-state index contributed by atoms with van der Waals surface area (Å²) < 4.78 is 48.1. The molecule has 1 saturated carbocycles. The summed E-state index contributed by atoms with van der Waals surface area (Å²) in [7, 11) is 0. The lowest BCUT2D eigenvalue weighted by Gasteiger charge is -2.07. The molecule has 118 valence electrons. The van der Waals surface area contributed by atoms with Crippen LogP contribution in [0.1, 0.15) is 29.4 Å². The van der Waals surface area contributed by atoms with Crippen molar-refractivity contribution in [2.45, 2.75) is 24.9 Å². The Bertz CT molecular complexity index is 649. The van der Waals surface area contributed by atoms with Gasteiger partial charge in [0.15, 0.2) is 0 Å². The van der Waals surface area contributed by atoms with Crippen molar-refractivity contribution >= 4 is 5.97 Å². The van der Waals surface area contributed by atoms with Gasteiger partial charge in [-0.3, -0.25) is 9.89 Å². The third-order valence-electron chi connectivity index (χ3n) is 3.62. The Morgan fingerprint density at radius 3 is 3.00 bits per heavy atom. The lowest BCUT2D eigenvalue weighted by Crippen LogP contribution is -2.13. The Labute approximate surface area is 123 Å². The fourth-order valence-corrected chi connectivity index (χ4v) is 2.39. The number of alkyl halides is 3. The maximum atomic E-state index is 12.6. The number of carbonyl (C=O) groups excluding carboxylic acids is 1. The number of nitrogens with zero attached hydrogens (tertiary/aromatic N) is 1. The van der Waals surface area contributed by atoms with Gasteiger partial charge in [0, 0.05) is 17.9 Å². The topological polar surface area (TPSA) is 68.1 Å². The van der Waals surface area contributed by atoms with Crippen LogP contribution in [-0.4, -0.2) is 22.8 Å². The molecule has 1 aliphatic carbocycles. The Morgan fingerprint density at radius 2 is 2.32 bits per heavy atom. The minimum atomic E-state index is -4.49. The van der Waals surface area contributed by atoms with E-state index in [-0.39, 0.29) is 30.4 Å². The van der Waals surface area contributed by atoms with E-state index in [1.54, 1.807) is 12.1 Å². The molecule has 0 aliphatic heterocycles. The van der Waals surface area contributed by atoms with E-state index in [2.05, 4.69) is 5.10 Å². The zero-order valence-corrected chi connectivity index (χ0v) is 11.4. The number of hydrogen-bond donors (Lipinski definition) is 1. The fraction of sp³-hybridized carbons (Fsp3) is 0.429. The van der Waals surface area contributed by atoms with Crippen LogP contribution in [0, 0.1) is 5.92 Å². The zero-order valence-electron chi connectivity index (χ0n) is 11.4. The number of hydrogen-bond acceptors (Lipinski definition) is 4. The van der Waals surface area contributed by atoms with Gasteiger partial charge in [0.05, 0.1) is 25.0 Å². The summed E-state index contributed by atoms with van der Waals surface area (Å²) in [4.78, 5) is 11.8. The molecule has 0 spiro atoms. The Kier molecular flexibility index (Phi) is 3.67. The number of esters is 1. The van der Waals surface area contributed by atoms with Crippen LogP contribution < -0.4 is 0 Å². The zero-order chi connectivity index (χ0) is 15.7. The summed E-state index contributed by atoms with van der Waals surface area (Å²) in [6.45, 7) is -0.108. The van der Waals surface area contributed by atoms with Gasteiger partial charge in [-0.05, 0) is 18.6 Å². The third kappa shape index (κ3) is 3.00. The van der Waals surface area contributed by atoms with Crippen molar-refractivity contribution in [2.75, 3.05) is 6.61 Å². The van der Waals surface area contributed by atoms with Crippen LogP contribution in [-0.2, 0) is 22.1 Å². The second kappa shape index (κ2) is 5.51. The van der Waals surface area contributed by atoms with Crippen LogP contribution in [0.2, 0.25) is 0 Å². The second-order valence-electron chi connectivity index (χ2n) is 5.15. The highest BCUT2D eigenvalue weighted by molar-refractivity contribution is 5.77. The van der Waals surface area contributed by atoms with Crippen LogP contribution in [0.15, 0.2) is 29.0 Å². The van der Waals surface area contributed by atoms with Gasteiger partial charge in [-0.2, -0.15) is 18.3 Å². The first-order valence-corrected chi connectivity index (χ1v) is 6.76. The van der Waals surface area contributed by atoms with Gasteiger partial charge in [0.1, 0.15) is 11.5 Å². The molecular formula is C14H13F3N2O3. The molecule has 1 aliphatic rings. The largest absolute Gasteiger partial charge is 0.469 e. The van der Waals surface area contributed by atoms with E-state index in [1.807, 2.05) is 5.10 Å². The van der Waals surface area contributed by atoms with Gasteiger partial charge < -0.3 is 9.15 Å². The molecule has 2 aromatic rings. The van der Waals surface area contributed by atoms with Gasteiger partial charge in [-0.15, -0.1) is 0 Å². The van der Waals surface area contributed by atoms with Gasteiger partial charge >= 0.3 is 12.1 Å². The lowest BCUT2D eigenvalue weighted by molar-refractivity contribution is -0.145.